The Labute approximate surface area is 153 Å². The SMILES string of the molecule is CC[C@H](NC(=O)c1cc2ccccc2s1)c1cc(C)c(C(=O)NO)s1. The van der Waals surface area contributed by atoms with Gasteiger partial charge in [0.1, 0.15) is 0 Å². The highest BCUT2D eigenvalue weighted by Gasteiger charge is 2.21. The molecule has 0 saturated heterocycles. The van der Waals surface area contributed by atoms with Gasteiger partial charge in [0.15, 0.2) is 0 Å². The van der Waals surface area contributed by atoms with Gasteiger partial charge < -0.3 is 5.32 Å². The zero-order valence-electron chi connectivity index (χ0n) is 13.8. The predicted octanol–water partition coefficient (Wildman–Crippen LogP) is 4.27. The molecular weight excluding hydrogens is 356 g/mol. The van der Waals surface area contributed by atoms with Crippen molar-refractivity contribution in [3.05, 3.63) is 56.6 Å². The monoisotopic (exact) mass is 374 g/mol. The van der Waals surface area contributed by atoms with Gasteiger partial charge in [-0.2, -0.15) is 0 Å². The Morgan fingerprint density at radius 2 is 1.92 bits per heavy atom. The van der Waals surface area contributed by atoms with Crippen molar-refractivity contribution >= 4 is 44.6 Å². The van der Waals surface area contributed by atoms with E-state index in [2.05, 4.69) is 5.32 Å². The van der Waals surface area contributed by atoms with E-state index in [4.69, 9.17) is 5.21 Å². The molecule has 2 heterocycles. The van der Waals surface area contributed by atoms with Crippen LogP contribution in [0.25, 0.3) is 10.1 Å². The molecule has 3 rings (SSSR count). The molecule has 130 valence electrons. The summed E-state index contributed by atoms with van der Waals surface area (Å²) < 4.78 is 1.08. The molecule has 0 saturated carbocycles. The minimum absolute atomic E-state index is 0.118. The number of hydrogen-bond acceptors (Lipinski definition) is 5. The lowest BCUT2D eigenvalue weighted by molar-refractivity contribution is 0.0710. The Bertz CT molecular complexity index is 896. The Balaban J connectivity index is 1.82. The standard InChI is InChI=1S/C18H18N2O3S2/c1-3-12(14-8-10(2)16(25-14)18(22)20-23)19-17(21)15-9-11-6-4-5-7-13(11)24-15/h4-9,12,23H,3H2,1-2H3,(H,19,21)(H,20,22)/t12-/m0/s1. The summed E-state index contributed by atoms with van der Waals surface area (Å²) in [7, 11) is 0. The highest BCUT2D eigenvalue weighted by Crippen LogP contribution is 2.30. The van der Waals surface area contributed by atoms with Crippen LogP contribution in [0.5, 0.6) is 0 Å². The van der Waals surface area contributed by atoms with E-state index in [9.17, 15) is 9.59 Å². The summed E-state index contributed by atoms with van der Waals surface area (Å²) in [5, 5.41) is 12.9. The first kappa shape index (κ1) is 17.6. The quantitative estimate of drug-likeness (QED) is 0.461. The molecule has 0 unspecified atom stereocenters. The Morgan fingerprint density at radius 3 is 2.60 bits per heavy atom. The van der Waals surface area contributed by atoms with Gasteiger partial charge in [0.2, 0.25) is 0 Å². The number of carbonyl (C=O) groups is 2. The van der Waals surface area contributed by atoms with Crippen molar-refractivity contribution < 1.29 is 14.8 Å². The van der Waals surface area contributed by atoms with Crippen molar-refractivity contribution in [2.75, 3.05) is 0 Å². The number of amides is 2. The molecule has 7 heteroatoms. The van der Waals surface area contributed by atoms with Crippen LogP contribution in [0, 0.1) is 6.92 Å². The number of fused-ring (bicyclic) bond motifs is 1. The highest BCUT2D eigenvalue weighted by atomic mass is 32.1. The topological polar surface area (TPSA) is 78.4 Å². The van der Waals surface area contributed by atoms with E-state index in [1.54, 1.807) is 5.48 Å². The number of thiophene rings is 2. The number of benzene rings is 1. The van der Waals surface area contributed by atoms with Crippen molar-refractivity contribution in [1.29, 1.82) is 0 Å². The summed E-state index contributed by atoms with van der Waals surface area (Å²) in [6.45, 7) is 3.79. The van der Waals surface area contributed by atoms with Crippen LogP contribution in [0.2, 0.25) is 0 Å². The predicted molar refractivity (Wildman–Crippen MR) is 101 cm³/mol. The summed E-state index contributed by atoms with van der Waals surface area (Å²) in [5.41, 5.74) is 2.44. The zero-order valence-corrected chi connectivity index (χ0v) is 15.5. The molecule has 0 aliphatic carbocycles. The van der Waals surface area contributed by atoms with Crippen LogP contribution in [0.1, 0.15) is 49.2 Å². The lowest BCUT2D eigenvalue weighted by Gasteiger charge is -2.14. The van der Waals surface area contributed by atoms with Crippen LogP contribution >= 0.6 is 22.7 Å². The minimum Gasteiger partial charge on any atom is -0.344 e. The second kappa shape index (κ2) is 7.35. The maximum Gasteiger partial charge on any atom is 0.284 e. The van der Waals surface area contributed by atoms with E-state index in [0.29, 0.717) is 16.2 Å². The second-order valence-corrected chi connectivity index (χ2v) is 7.85. The molecule has 2 amide bonds. The van der Waals surface area contributed by atoms with Crippen LogP contribution in [-0.4, -0.2) is 17.0 Å². The molecule has 0 radical (unpaired) electrons. The third-order valence-electron chi connectivity index (χ3n) is 3.95. The fourth-order valence-electron chi connectivity index (χ4n) is 2.65. The molecule has 0 aliphatic heterocycles. The van der Waals surface area contributed by atoms with Gasteiger partial charge in [0.05, 0.1) is 15.8 Å². The van der Waals surface area contributed by atoms with Gasteiger partial charge in [-0.3, -0.25) is 14.8 Å². The van der Waals surface area contributed by atoms with Crippen molar-refractivity contribution in [2.24, 2.45) is 0 Å². The lowest BCUT2D eigenvalue weighted by atomic mass is 10.1. The Kier molecular flexibility index (Phi) is 5.17. The largest absolute Gasteiger partial charge is 0.344 e. The fourth-order valence-corrected chi connectivity index (χ4v) is 4.82. The molecule has 3 N–H and O–H groups in total. The van der Waals surface area contributed by atoms with Gasteiger partial charge >= 0.3 is 0 Å². The van der Waals surface area contributed by atoms with E-state index in [0.717, 1.165) is 20.5 Å². The van der Waals surface area contributed by atoms with Gasteiger partial charge in [-0.25, -0.2) is 5.48 Å². The summed E-state index contributed by atoms with van der Waals surface area (Å²) in [5.74, 6) is -0.647. The number of aryl methyl sites for hydroxylation is 1. The normalized spacial score (nSPS) is 12.1. The lowest BCUT2D eigenvalue weighted by Crippen LogP contribution is -2.26. The fraction of sp³-hybridized carbons (Fsp3) is 0.222. The van der Waals surface area contributed by atoms with E-state index < -0.39 is 5.91 Å². The van der Waals surface area contributed by atoms with Crippen LogP contribution in [-0.2, 0) is 0 Å². The molecule has 0 aliphatic rings. The molecule has 1 aromatic carbocycles. The first-order valence-electron chi connectivity index (χ1n) is 7.87. The second-order valence-electron chi connectivity index (χ2n) is 5.68. The number of hydroxylamine groups is 1. The average molecular weight is 374 g/mol. The van der Waals surface area contributed by atoms with Crippen LogP contribution < -0.4 is 10.8 Å². The Hall–Kier alpha value is -2.22. The third kappa shape index (κ3) is 3.58. The molecule has 3 aromatic rings. The van der Waals surface area contributed by atoms with Gasteiger partial charge in [-0.15, -0.1) is 22.7 Å². The van der Waals surface area contributed by atoms with Gasteiger partial charge in [-0.1, -0.05) is 25.1 Å². The van der Waals surface area contributed by atoms with Crippen LogP contribution in [0.15, 0.2) is 36.4 Å². The average Bonchev–Trinajstić information content (AvgIpc) is 3.22. The third-order valence-corrected chi connectivity index (χ3v) is 6.42. The zero-order chi connectivity index (χ0) is 18.0. The van der Waals surface area contributed by atoms with Crippen LogP contribution in [0.4, 0.5) is 0 Å². The maximum absolute atomic E-state index is 12.6. The summed E-state index contributed by atoms with van der Waals surface area (Å²) >= 11 is 2.75. The molecular formula is C18H18N2O3S2. The van der Waals surface area contributed by atoms with Gasteiger partial charge in [-0.05, 0) is 42.5 Å². The molecule has 2 aromatic heterocycles. The van der Waals surface area contributed by atoms with Gasteiger partial charge in [0, 0.05) is 9.58 Å². The first-order chi connectivity index (χ1) is 12.0. The van der Waals surface area contributed by atoms with Crippen molar-refractivity contribution in [2.45, 2.75) is 26.3 Å². The number of carbonyl (C=O) groups excluding carboxylic acids is 2. The number of nitrogens with one attached hydrogen (secondary N) is 2. The van der Waals surface area contributed by atoms with E-state index in [1.165, 1.54) is 22.7 Å². The van der Waals surface area contributed by atoms with E-state index in [1.807, 2.05) is 50.2 Å². The molecule has 25 heavy (non-hydrogen) atoms. The number of hydrogen-bond donors (Lipinski definition) is 3. The highest BCUT2D eigenvalue weighted by molar-refractivity contribution is 7.20. The maximum atomic E-state index is 12.6. The van der Waals surface area contributed by atoms with Crippen molar-refractivity contribution in [3.63, 3.8) is 0 Å². The van der Waals surface area contributed by atoms with Crippen LogP contribution in [0.3, 0.4) is 0 Å². The van der Waals surface area contributed by atoms with E-state index >= 15 is 0 Å². The van der Waals surface area contributed by atoms with Crippen molar-refractivity contribution in [3.8, 4) is 0 Å². The summed E-state index contributed by atoms with van der Waals surface area (Å²) in [6, 6.07) is 11.5. The van der Waals surface area contributed by atoms with E-state index in [-0.39, 0.29) is 11.9 Å². The Morgan fingerprint density at radius 1 is 1.16 bits per heavy atom. The molecule has 1 atom stereocenters. The van der Waals surface area contributed by atoms with Gasteiger partial charge in [0.25, 0.3) is 11.8 Å². The molecule has 0 bridgehead atoms. The molecule has 0 fully saturated rings. The molecule has 5 nitrogen and oxygen atoms in total. The number of rotatable bonds is 5. The molecule has 0 spiro atoms. The first-order valence-corrected chi connectivity index (χ1v) is 9.51. The van der Waals surface area contributed by atoms with Crippen molar-refractivity contribution in [1.82, 2.24) is 10.8 Å². The smallest absolute Gasteiger partial charge is 0.284 e. The minimum atomic E-state index is -0.528. The summed E-state index contributed by atoms with van der Waals surface area (Å²) in [6.07, 6.45) is 0.705. The summed E-state index contributed by atoms with van der Waals surface area (Å²) in [4.78, 5) is 26.3.